The molecule has 0 aromatic heterocycles. The first kappa shape index (κ1) is 16.2. The molecule has 1 aliphatic heterocycles. The topological polar surface area (TPSA) is 72.7 Å². The van der Waals surface area contributed by atoms with E-state index in [0.717, 1.165) is 12.8 Å². The maximum Gasteiger partial charge on any atom is 0.289 e. The van der Waals surface area contributed by atoms with Gasteiger partial charge in [0, 0.05) is 31.7 Å². The van der Waals surface area contributed by atoms with Gasteiger partial charge in [0.1, 0.15) is 5.02 Å². The van der Waals surface area contributed by atoms with Crippen molar-refractivity contribution < 1.29 is 14.5 Å². The molecular formula is C16H19ClN2O4. The molecule has 2 aliphatic rings. The Labute approximate surface area is 139 Å². The fourth-order valence-corrected chi connectivity index (χ4v) is 3.04. The van der Waals surface area contributed by atoms with Gasteiger partial charge in [0.2, 0.25) is 5.91 Å². The molecule has 124 valence electrons. The maximum absolute atomic E-state index is 12.9. The SMILES string of the molecule is O=C(C1CCOCC1)N(CC1CC1)c1ccc(Cl)c([N+](=O)[O-])c1. The summed E-state index contributed by atoms with van der Waals surface area (Å²) < 4.78 is 5.32. The van der Waals surface area contributed by atoms with E-state index in [-0.39, 0.29) is 22.5 Å². The highest BCUT2D eigenvalue weighted by atomic mass is 35.5. The Morgan fingerprint density at radius 2 is 2.00 bits per heavy atom. The molecule has 3 rings (SSSR count). The van der Waals surface area contributed by atoms with Crippen LogP contribution in [0.5, 0.6) is 0 Å². The van der Waals surface area contributed by atoms with Gasteiger partial charge in [0.25, 0.3) is 5.69 Å². The second-order valence-electron chi connectivity index (χ2n) is 6.17. The van der Waals surface area contributed by atoms with Crippen LogP contribution in [0.2, 0.25) is 5.02 Å². The molecule has 1 saturated carbocycles. The molecule has 2 fully saturated rings. The van der Waals surface area contributed by atoms with Crippen molar-refractivity contribution in [3.05, 3.63) is 33.3 Å². The molecule has 6 nitrogen and oxygen atoms in total. The van der Waals surface area contributed by atoms with Crippen molar-refractivity contribution in [3.63, 3.8) is 0 Å². The van der Waals surface area contributed by atoms with Crippen molar-refractivity contribution in [1.82, 2.24) is 0 Å². The third kappa shape index (κ3) is 3.82. The minimum Gasteiger partial charge on any atom is -0.381 e. The standard InChI is InChI=1S/C16H19ClN2O4/c17-14-4-3-13(9-15(14)19(21)22)18(10-11-1-2-11)16(20)12-5-7-23-8-6-12/h3-4,9,11-12H,1-2,5-8,10H2. The third-order valence-corrected chi connectivity index (χ3v) is 4.73. The summed E-state index contributed by atoms with van der Waals surface area (Å²) in [5, 5.41) is 11.2. The van der Waals surface area contributed by atoms with Gasteiger partial charge in [-0.1, -0.05) is 11.6 Å². The summed E-state index contributed by atoms with van der Waals surface area (Å²) in [5.74, 6) is 0.461. The van der Waals surface area contributed by atoms with Crippen LogP contribution >= 0.6 is 11.6 Å². The lowest BCUT2D eigenvalue weighted by Gasteiger charge is -2.29. The van der Waals surface area contributed by atoms with E-state index in [2.05, 4.69) is 0 Å². The molecule has 7 heteroatoms. The van der Waals surface area contributed by atoms with Crippen LogP contribution in [0.25, 0.3) is 0 Å². The zero-order valence-corrected chi connectivity index (χ0v) is 13.5. The van der Waals surface area contributed by atoms with Crippen molar-refractivity contribution in [3.8, 4) is 0 Å². The predicted octanol–water partition coefficient (Wildman–Crippen LogP) is 3.42. The number of halogens is 1. The van der Waals surface area contributed by atoms with Crippen LogP contribution in [0.4, 0.5) is 11.4 Å². The van der Waals surface area contributed by atoms with Gasteiger partial charge in [-0.2, -0.15) is 0 Å². The number of nitro groups is 1. The van der Waals surface area contributed by atoms with E-state index in [1.165, 1.54) is 12.1 Å². The predicted molar refractivity (Wildman–Crippen MR) is 86.7 cm³/mol. The van der Waals surface area contributed by atoms with Crippen molar-refractivity contribution in [2.45, 2.75) is 25.7 Å². The summed E-state index contributed by atoms with van der Waals surface area (Å²) in [7, 11) is 0. The number of rotatable bonds is 5. The van der Waals surface area contributed by atoms with E-state index >= 15 is 0 Å². The molecule has 1 aliphatic carbocycles. The average molecular weight is 339 g/mol. The molecule has 0 spiro atoms. The van der Waals surface area contributed by atoms with Crippen LogP contribution in [0.15, 0.2) is 18.2 Å². The fourth-order valence-electron chi connectivity index (χ4n) is 2.86. The summed E-state index contributed by atoms with van der Waals surface area (Å²) >= 11 is 5.88. The monoisotopic (exact) mass is 338 g/mol. The Kier molecular flexibility index (Phi) is 4.82. The smallest absolute Gasteiger partial charge is 0.289 e. The van der Waals surface area contributed by atoms with Crippen LogP contribution in [-0.4, -0.2) is 30.6 Å². The van der Waals surface area contributed by atoms with Crippen molar-refractivity contribution in [1.29, 1.82) is 0 Å². The van der Waals surface area contributed by atoms with Gasteiger partial charge in [-0.25, -0.2) is 0 Å². The number of ether oxygens (including phenoxy) is 1. The lowest BCUT2D eigenvalue weighted by atomic mass is 9.98. The first-order chi connectivity index (χ1) is 11.1. The highest BCUT2D eigenvalue weighted by Crippen LogP contribution is 2.35. The number of hydrogen-bond donors (Lipinski definition) is 0. The first-order valence-electron chi connectivity index (χ1n) is 7.89. The van der Waals surface area contributed by atoms with Crippen LogP contribution in [-0.2, 0) is 9.53 Å². The fraction of sp³-hybridized carbons (Fsp3) is 0.562. The summed E-state index contributed by atoms with van der Waals surface area (Å²) in [4.78, 5) is 25.2. The second-order valence-corrected chi connectivity index (χ2v) is 6.58. The van der Waals surface area contributed by atoms with E-state index in [9.17, 15) is 14.9 Å². The van der Waals surface area contributed by atoms with Gasteiger partial charge in [0.05, 0.1) is 10.6 Å². The Morgan fingerprint density at radius 1 is 1.30 bits per heavy atom. The van der Waals surface area contributed by atoms with E-state index in [0.29, 0.717) is 44.2 Å². The summed E-state index contributed by atoms with van der Waals surface area (Å²) in [5.41, 5.74) is 0.397. The molecule has 1 aromatic rings. The summed E-state index contributed by atoms with van der Waals surface area (Å²) in [6, 6.07) is 4.59. The first-order valence-corrected chi connectivity index (χ1v) is 8.27. The number of nitro benzene ring substituents is 1. The Bertz CT molecular complexity index is 612. The molecule has 1 amide bonds. The minimum atomic E-state index is -0.514. The molecule has 0 radical (unpaired) electrons. The molecular weight excluding hydrogens is 320 g/mol. The number of benzene rings is 1. The van der Waals surface area contributed by atoms with Gasteiger partial charge in [-0.15, -0.1) is 0 Å². The quantitative estimate of drug-likeness (QED) is 0.609. The van der Waals surface area contributed by atoms with Gasteiger partial charge in [-0.05, 0) is 43.7 Å². The highest BCUT2D eigenvalue weighted by molar-refractivity contribution is 6.32. The third-order valence-electron chi connectivity index (χ3n) is 4.41. The minimum absolute atomic E-state index is 0.0387. The number of hydrogen-bond acceptors (Lipinski definition) is 4. The molecule has 0 unspecified atom stereocenters. The maximum atomic E-state index is 12.9. The van der Waals surface area contributed by atoms with E-state index in [1.54, 1.807) is 11.0 Å². The van der Waals surface area contributed by atoms with Gasteiger partial charge >= 0.3 is 0 Å². The van der Waals surface area contributed by atoms with E-state index < -0.39 is 4.92 Å². The summed E-state index contributed by atoms with van der Waals surface area (Å²) in [6.07, 6.45) is 3.62. The molecule has 1 aromatic carbocycles. The summed E-state index contributed by atoms with van der Waals surface area (Å²) in [6.45, 7) is 1.80. The van der Waals surface area contributed by atoms with E-state index in [1.807, 2.05) is 0 Å². The van der Waals surface area contributed by atoms with Crippen LogP contribution in [0.1, 0.15) is 25.7 Å². The Morgan fingerprint density at radius 3 is 2.61 bits per heavy atom. The lowest BCUT2D eigenvalue weighted by molar-refractivity contribution is -0.384. The lowest BCUT2D eigenvalue weighted by Crippen LogP contribution is -2.40. The number of carbonyl (C=O) groups is 1. The van der Waals surface area contributed by atoms with Crippen LogP contribution in [0.3, 0.4) is 0 Å². The molecule has 0 atom stereocenters. The van der Waals surface area contributed by atoms with Gasteiger partial charge in [-0.3, -0.25) is 14.9 Å². The zero-order valence-electron chi connectivity index (χ0n) is 12.7. The van der Waals surface area contributed by atoms with Gasteiger partial charge in [0.15, 0.2) is 0 Å². The van der Waals surface area contributed by atoms with Crippen molar-refractivity contribution >= 4 is 28.9 Å². The molecule has 1 heterocycles. The number of amides is 1. The largest absolute Gasteiger partial charge is 0.381 e. The second kappa shape index (κ2) is 6.84. The molecule has 0 bridgehead atoms. The van der Waals surface area contributed by atoms with Crippen molar-refractivity contribution in [2.24, 2.45) is 11.8 Å². The highest BCUT2D eigenvalue weighted by Gasteiger charge is 2.33. The molecule has 1 saturated heterocycles. The van der Waals surface area contributed by atoms with Gasteiger partial charge < -0.3 is 9.64 Å². The molecule has 0 N–H and O–H groups in total. The zero-order chi connectivity index (χ0) is 16.4. The average Bonchev–Trinajstić information content (AvgIpc) is 3.37. The van der Waals surface area contributed by atoms with Crippen molar-refractivity contribution in [2.75, 3.05) is 24.7 Å². The normalized spacial score (nSPS) is 18.7. The Balaban J connectivity index is 1.87. The van der Waals surface area contributed by atoms with Crippen LogP contribution < -0.4 is 4.90 Å². The van der Waals surface area contributed by atoms with Crippen LogP contribution in [0, 0.1) is 22.0 Å². The number of carbonyl (C=O) groups excluding carboxylic acids is 1. The number of nitrogens with zero attached hydrogens (tertiary/aromatic N) is 2. The number of anilines is 1. The molecule has 23 heavy (non-hydrogen) atoms. The Hall–Kier alpha value is -1.66. The van der Waals surface area contributed by atoms with E-state index in [4.69, 9.17) is 16.3 Å².